The van der Waals surface area contributed by atoms with Gasteiger partial charge in [-0.05, 0) is 32.0 Å². The molecule has 0 saturated carbocycles. The quantitative estimate of drug-likeness (QED) is 0.670. The first-order valence-corrected chi connectivity index (χ1v) is 8.50. The lowest BCUT2D eigenvalue weighted by molar-refractivity contribution is 0.113. The van der Waals surface area contributed by atoms with Crippen LogP contribution in [0.1, 0.15) is 43.0 Å². The molecular formula is C16H30N2OS. The molecule has 0 unspecified atom stereocenters. The fraction of sp³-hybridized carbons (Fsp3) is 0.750. The Morgan fingerprint density at radius 1 is 1.35 bits per heavy atom. The molecule has 1 N–H and O–H groups in total. The molecule has 0 aliphatic carbocycles. The van der Waals surface area contributed by atoms with Crippen LogP contribution in [-0.4, -0.2) is 37.2 Å². The van der Waals surface area contributed by atoms with Crippen LogP contribution in [0.25, 0.3) is 0 Å². The van der Waals surface area contributed by atoms with Crippen molar-refractivity contribution in [2.24, 2.45) is 0 Å². The zero-order chi connectivity index (χ0) is 15.0. The van der Waals surface area contributed by atoms with E-state index in [-0.39, 0.29) is 0 Å². The maximum Gasteiger partial charge on any atom is 0.0593 e. The second-order valence-electron chi connectivity index (χ2n) is 5.40. The Labute approximate surface area is 128 Å². The monoisotopic (exact) mass is 298 g/mol. The highest BCUT2D eigenvalue weighted by atomic mass is 32.1. The molecule has 0 aliphatic rings. The van der Waals surface area contributed by atoms with Crippen LogP contribution in [0.3, 0.4) is 0 Å². The molecule has 1 aromatic rings. The van der Waals surface area contributed by atoms with Crippen molar-refractivity contribution in [2.45, 2.75) is 53.8 Å². The second-order valence-corrected chi connectivity index (χ2v) is 6.74. The summed E-state index contributed by atoms with van der Waals surface area (Å²) in [7, 11) is 0. The van der Waals surface area contributed by atoms with Gasteiger partial charge < -0.3 is 10.1 Å². The molecule has 0 spiro atoms. The number of rotatable bonds is 10. The largest absolute Gasteiger partial charge is 0.380 e. The Morgan fingerprint density at radius 2 is 2.10 bits per heavy atom. The fourth-order valence-electron chi connectivity index (χ4n) is 2.06. The van der Waals surface area contributed by atoms with Crippen LogP contribution in [0.4, 0.5) is 0 Å². The lowest BCUT2D eigenvalue weighted by Gasteiger charge is -2.20. The Kier molecular flexibility index (Phi) is 8.38. The number of ether oxygens (including phenoxy) is 1. The van der Waals surface area contributed by atoms with E-state index in [1.807, 2.05) is 18.3 Å². The van der Waals surface area contributed by atoms with Gasteiger partial charge in [-0.2, -0.15) is 0 Å². The van der Waals surface area contributed by atoms with Crippen LogP contribution in [0.15, 0.2) is 6.07 Å². The van der Waals surface area contributed by atoms with Gasteiger partial charge in [0.25, 0.3) is 0 Å². The number of nitrogens with one attached hydrogen (secondary N) is 1. The van der Waals surface area contributed by atoms with Crippen LogP contribution in [0.5, 0.6) is 0 Å². The maximum absolute atomic E-state index is 5.45. The van der Waals surface area contributed by atoms with Crippen molar-refractivity contribution >= 4 is 11.3 Å². The fourth-order valence-corrected chi connectivity index (χ4v) is 3.07. The molecule has 0 aliphatic heterocycles. The molecule has 4 heteroatoms. The molecule has 0 saturated heterocycles. The molecule has 0 atom stereocenters. The number of hydrogen-bond donors (Lipinski definition) is 1. The Morgan fingerprint density at radius 3 is 2.70 bits per heavy atom. The van der Waals surface area contributed by atoms with Crippen LogP contribution < -0.4 is 5.32 Å². The van der Waals surface area contributed by atoms with Crippen molar-refractivity contribution < 1.29 is 4.74 Å². The second kappa shape index (κ2) is 9.50. The summed E-state index contributed by atoms with van der Waals surface area (Å²) in [6, 6.07) is 2.90. The SMILES string of the molecule is CCOCCN(CC)Cc1cc(CNC(C)C)sc1C. The van der Waals surface area contributed by atoms with Crippen LogP contribution in [0.2, 0.25) is 0 Å². The molecule has 20 heavy (non-hydrogen) atoms. The van der Waals surface area contributed by atoms with Crippen molar-refractivity contribution in [2.75, 3.05) is 26.3 Å². The molecule has 1 rings (SSSR count). The van der Waals surface area contributed by atoms with Gasteiger partial charge in [-0.15, -0.1) is 11.3 Å². The molecule has 0 radical (unpaired) electrons. The van der Waals surface area contributed by atoms with Gasteiger partial charge in [0.1, 0.15) is 0 Å². The van der Waals surface area contributed by atoms with Crippen LogP contribution in [0, 0.1) is 6.92 Å². The van der Waals surface area contributed by atoms with Crippen molar-refractivity contribution in [3.8, 4) is 0 Å². The van der Waals surface area contributed by atoms with E-state index >= 15 is 0 Å². The Balaban J connectivity index is 2.52. The summed E-state index contributed by atoms with van der Waals surface area (Å²) in [5.41, 5.74) is 1.47. The summed E-state index contributed by atoms with van der Waals surface area (Å²) < 4.78 is 5.45. The van der Waals surface area contributed by atoms with Gasteiger partial charge >= 0.3 is 0 Å². The molecule has 1 heterocycles. The maximum atomic E-state index is 5.45. The minimum atomic E-state index is 0.541. The zero-order valence-corrected chi connectivity index (χ0v) is 14.5. The number of hydrogen-bond acceptors (Lipinski definition) is 4. The summed E-state index contributed by atoms with van der Waals surface area (Å²) in [5.74, 6) is 0. The lowest BCUT2D eigenvalue weighted by Crippen LogP contribution is -2.27. The number of nitrogens with zero attached hydrogens (tertiary/aromatic N) is 1. The average Bonchev–Trinajstić information content (AvgIpc) is 2.76. The first kappa shape index (κ1) is 17.6. The normalized spacial score (nSPS) is 11.8. The van der Waals surface area contributed by atoms with E-state index in [2.05, 4.69) is 44.0 Å². The highest BCUT2D eigenvalue weighted by molar-refractivity contribution is 7.12. The van der Waals surface area contributed by atoms with Gasteiger partial charge in [0, 0.05) is 42.0 Å². The van der Waals surface area contributed by atoms with Crippen molar-refractivity contribution in [1.29, 1.82) is 0 Å². The van der Waals surface area contributed by atoms with Gasteiger partial charge in [-0.1, -0.05) is 20.8 Å². The summed E-state index contributed by atoms with van der Waals surface area (Å²) >= 11 is 1.92. The minimum absolute atomic E-state index is 0.541. The number of likely N-dealkylation sites (N-methyl/N-ethyl adjacent to an activating group) is 1. The molecule has 0 aromatic carbocycles. The Bertz CT molecular complexity index is 377. The molecule has 1 aromatic heterocycles. The summed E-state index contributed by atoms with van der Waals surface area (Å²) in [5, 5.41) is 3.49. The van der Waals surface area contributed by atoms with E-state index in [1.54, 1.807) is 0 Å². The van der Waals surface area contributed by atoms with E-state index in [9.17, 15) is 0 Å². The van der Waals surface area contributed by atoms with E-state index < -0.39 is 0 Å². The Hall–Kier alpha value is -0.420. The summed E-state index contributed by atoms with van der Waals surface area (Å²) in [4.78, 5) is 5.33. The molecule has 3 nitrogen and oxygen atoms in total. The molecule has 0 fully saturated rings. The minimum Gasteiger partial charge on any atom is -0.380 e. The van der Waals surface area contributed by atoms with Crippen LogP contribution in [-0.2, 0) is 17.8 Å². The van der Waals surface area contributed by atoms with E-state index in [0.717, 1.165) is 39.4 Å². The van der Waals surface area contributed by atoms with E-state index in [4.69, 9.17) is 4.74 Å². The first-order chi connectivity index (χ1) is 9.56. The first-order valence-electron chi connectivity index (χ1n) is 7.68. The highest BCUT2D eigenvalue weighted by Gasteiger charge is 2.10. The van der Waals surface area contributed by atoms with Gasteiger partial charge in [-0.25, -0.2) is 0 Å². The standard InChI is InChI=1S/C16H30N2OS/c1-6-18(8-9-19-7-2)12-15-10-16(20-14(15)5)11-17-13(3)4/h10,13,17H,6-9,11-12H2,1-5H3. The number of thiophene rings is 1. The van der Waals surface area contributed by atoms with Gasteiger partial charge in [0.2, 0.25) is 0 Å². The predicted molar refractivity (Wildman–Crippen MR) is 88.5 cm³/mol. The number of aryl methyl sites for hydroxylation is 1. The molecule has 0 amide bonds. The van der Waals surface area contributed by atoms with Gasteiger partial charge in [0.05, 0.1) is 6.61 Å². The third-order valence-corrected chi connectivity index (χ3v) is 4.45. The van der Waals surface area contributed by atoms with Crippen molar-refractivity contribution in [3.63, 3.8) is 0 Å². The predicted octanol–water partition coefficient (Wildman–Crippen LogP) is 3.41. The van der Waals surface area contributed by atoms with E-state index in [0.29, 0.717) is 6.04 Å². The van der Waals surface area contributed by atoms with Gasteiger partial charge in [0.15, 0.2) is 0 Å². The third-order valence-electron chi connectivity index (χ3n) is 3.35. The topological polar surface area (TPSA) is 24.5 Å². The van der Waals surface area contributed by atoms with E-state index in [1.165, 1.54) is 15.3 Å². The highest BCUT2D eigenvalue weighted by Crippen LogP contribution is 2.23. The summed E-state index contributed by atoms with van der Waals surface area (Å²) in [6.07, 6.45) is 0. The third kappa shape index (κ3) is 6.35. The summed E-state index contributed by atoms with van der Waals surface area (Å²) in [6.45, 7) is 16.6. The molecular weight excluding hydrogens is 268 g/mol. The molecule has 0 bridgehead atoms. The van der Waals surface area contributed by atoms with Crippen molar-refractivity contribution in [1.82, 2.24) is 10.2 Å². The van der Waals surface area contributed by atoms with Crippen molar-refractivity contribution in [3.05, 3.63) is 21.4 Å². The average molecular weight is 298 g/mol. The van der Waals surface area contributed by atoms with Gasteiger partial charge in [-0.3, -0.25) is 4.90 Å². The zero-order valence-electron chi connectivity index (χ0n) is 13.7. The molecule has 116 valence electrons. The smallest absolute Gasteiger partial charge is 0.0593 e. The lowest BCUT2D eigenvalue weighted by atomic mass is 10.2. The van der Waals surface area contributed by atoms with Crippen LogP contribution >= 0.6 is 11.3 Å².